The lowest BCUT2D eigenvalue weighted by Gasteiger charge is -2.33. The van der Waals surface area contributed by atoms with Crippen LogP contribution in [0.25, 0.3) is 0 Å². The lowest BCUT2D eigenvalue weighted by Crippen LogP contribution is -2.27. The van der Waals surface area contributed by atoms with Crippen molar-refractivity contribution in [1.29, 1.82) is 0 Å². The summed E-state index contributed by atoms with van der Waals surface area (Å²) in [5.41, 5.74) is 2.42. The van der Waals surface area contributed by atoms with Gasteiger partial charge in [0.05, 0.1) is 22.1 Å². The highest BCUT2D eigenvalue weighted by atomic mass is 35.5. The third-order valence-corrected chi connectivity index (χ3v) is 8.25. The fraction of sp³-hybridized carbons (Fsp3) is 0.333. The van der Waals surface area contributed by atoms with Crippen molar-refractivity contribution in [1.82, 2.24) is 0 Å². The number of carbonyl (C=O) groups excluding carboxylic acids is 1. The lowest BCUT2D eigenvalue weighted by atomic mass is 9.72. The normalized spacial score (nSPS) is 16.6. The second-order valence-electron chi connectivity index (χ2n) is 10.2. The molecule has 37 heavy (non-hydrogen) atoms. The van der Waals surface area contributed by atoms with E-state index in [1.165, 1.54) is 23.6 Å². The summed E-state index contributed by atoms with van der Waals surface area (Å²) in [6.45, 7) is 6.72. The number of nitro benzene ring substituents is 1. The Balaban J connectivity index is 1.54. The zero-order valence-corrected chi connectivity index (χ0v) is 22.2. The molecule has 1 aromatic heterocycles. The topological polar surface area (TPSA) is 103 Å². The van der Waals surface area contributed by atoms with Gasteiger partial charge >= 0.3 is 0 Å². The van der Waals surface area contributed by atoms with Gasteiger partial charge in [-0.2, -0.15) is 0 Å². The molecule has 2 heterocycles. The minimum absolute atomic E-state index is 0.00862. The van der Waals surface area contributed by atoms with Crippen molar-refractivity contribution >= 4 is 51.4 Å². The summed E-state index contributed by atoms with van der Waals surface area (Å²) in [6.07, 6.45) is 4.05. The highest BCUT2D eigenvalue weighted by molar-refractivity contribution is 7.16. The van der Waals surface area contributed by atoms with E-state index in [0.29, 0.717) is 38.7 Å². The predicted octanol–water partition coefficient (Wildman–Crippen LogP) is 7.19. The minimum atomic E-state index is -0.481. The maximum atomic E-state index is 13.5. The predicted molar refractivity (Wildman–Crippen MR) is 145 cm³/mol. The Morgan fingerprint density at radius 2 is 1.92 bits per heavy atom. The van der Waals surface area contributed by atoms with Gasteiger partial charge in [0.15, 0.2) is 11.5 Å². The van der Waals surface area contributed by atoms with Gasteiger partial charge in [0.25, 0.3) is 11.6 Å². The summed E-state index contributed by atoms with van der Waals surface area (Å²) < 4.78 is 10.7. The largest absolute Gasteiger partial charge is 0.454 e. The van der Waals surface area contributed by atoms with Gasteiger partial charge in [-0.15, -0.1) is 11.3 Å². The van der Waals surface area contributed by atoms with Crippen LogP contribution in [0.3, 0.4) is 0 Å². The fourth-order valence-corrected chi connectivity index (χ4v) is 6.09. The van der Waals surface area contributed by atoms with Crippen LogP contribution in [0.4, 0.5) is 16.4 Å². The Hall–Kier alpha value is -3.43. The number of anilines is 1. The average Bonchev–Trinajstić information content (AvgIpc) is 3.46. The van der Waals surface area contributed by atoms with E-state index < -0.39 is 4.92 Å². The molecule has 0 saturated heterocycles. The van der Waals surface area contributed by atoms with Gasteiger partial charge in [0.1, 0.15) is 5.00 Å². The number of carbonyl (C=O) groups is 1. The van der Waals surface area contributed by atoms with Crippen LogP contribution in [0.1, 0.15) is 53.6 Å². The van der Waals surface area contributed by atoms with Gasteiger partial charge in [0.2, 0.25) is 6.79 Å². The van der Waals surface area contributed by atoms with Crippen molar-refractivity contribution in [3.63, 3.8) is 0 Å². The van der Waals surface area contributed by atoms with Crippen LogP contribution < -0.4 is 14.8 Å². The zero-order valence-electron chi connectivity index (χ0n) is 20.7. The van der Waals surface area contributed by atoms with Crippen LogP contribution in [-0.2, 0) is 12.8 Å². The van der Waals surface area contributed by atoms with E-state index in [2.05, 4.69) is 31.1 Å². The molecule has 1 aliphatic heterocycles. The molecule has 1 N–H and O–H groups in total. The molecule has 0 spiro atoms. The Bertz CT molecular complexity index is 1410. The number of hydrogen-bond donors (Lipinski definition) is 1. The number of thiophene rings is 1. The Morgan fingerprint density at radius 1 is 1.22 bits per heavy atom. The van der Waals surface area contributed by atoms with Crippen LogP contribution in [0.2, 0.25) is 5.02 Å². The van der Waals surface area contributed by atoms with Gasteiger partial charge in [-0.1, -0.05) is 32.4 Å². The molecule has 5 rings (SSSR count). The van der Waals surface area contributed by atoms with Crippen molar-refractivity contribution < 1.29 is 19.2 Å². The summed E-state index contributed by atoms with van der Waals surface area (Å²) in [5.74, 6) is 0.969. The highest BCUT2D eigenvalue weighted by Gasteiger charge is 2.34. The summed E-state index contributed by atoms with van der Waals surface area (Å²) in [7, 11) is 0. The molecule has 2 aromatic carbocycles. The zero-order chi connectivity index (χ0) is 26.3. The number of hydrogen-bond acceptors (Lipinski definition) is 7. The number of ether oxygens (including phenoxy) is 2. The fourth-order valence-electron chi connectivity index (χ4n) is 4.70. The van der Waals surface area contributed by atoms with Crippen LogP contribution in [0.15, 0.2) is 41.4 Å². The molecule has 10 heteroatoms. The first-order valence-corrected chi connectivity index (χ1v) is 13.1. The molecule has 1 atom stereocenters. The van der Waals surface area contributed by atoms with Crippen molar-refractivity contribution in [3.05, 3.63) is 73.1 Å². The number of nitro groups is 1. The van der Waals surface area contributed by atoms with Gasteiger partial charge in [-0.05, 0) is 66.5 Å². The van der Waals surface area contributed by atoms with Crippen LogP contribution in [0.5, 0.6) is 11.5 Å². The molecule has 192 valence electrons. The first kappa shape index (κ1) is 25.2. The standard InChI is InChI=1S/C27H26ClN3O5S/c1-27(2,3)16-4-9-19-23(11-16)37-26(24(19)25(32)30-18-7-5-17(28)6-8-18)29-13-15-10-21-22(36-14-35-21)12-20(15)31(33)34/h5-8,10,12-13,16H,4,9,11,14H2,1-3H3,(H,30,32)/t16-/m1/s1. The Morgan fingerprint density at radius 3 is 2.59 bits per heavy atom. The monoisotopic (exact) mass is 539 g/mol. The van der Waals surface area contributed by atoms with E-state index in [9.17, 15) is 14.9 Å². The maximum absolute atomic E-state index is 13.5. The van der Waals surface area contributed by atoms with Gasteiger partial charge < -0.3 is 14.8 Å². The highest BCUT2D eigenvalue weighted by Crippen LogP contribution is 2.46. The van der Waals surface area contributed by atoms with Crippen LogP contribution >= 0.6 is 22.9 Å². The Labute approximate surface area is 223 Å². The molecule has 2 aliphatic rings. The lowest BCUT2D eigenvalue weighted by molar-refractivity contribution is -0.385. The van der Waals surface area contributed by atoms with Crippen LogP contribution in [-0.4, -0.2) is 23.8 Å². The second kappa shape index (κ2) is 9.79. The van der Waals surface area contributed by atoms with Crippen molar-refractivity contribution in [3.8, 4) is 11.5 Å². The van der Waals surface area contributed by atoms with E-state index in [1.54, 1.807) is 30.3 Å². The summed E-state index contributed by atoms with van der Waals surface area (Å²) in [4.78, 5) is 30.5. The van der Waals surface area contributed by atoms with E-state index in [0.717, 1.165) is 29.7 Å². The number of aliphatic imine (C=N–C) groups is 1. The van der Waals surface area contributed by atoms with E-state index in [-0.39, 0.29) is 29.4 Å². The third-order valence-electron chi connectivity index (χ3n) is 6.84. The second-order valence-corrected chi connectivity index (χ2v) is 11.8. The number of halogens is 1. The number of nitrogens with one attached hydrogen (secondary N) is 1. The molecule has 3 aromatic rings. The number of nitrogens with zero attached hydrogens (tertiary/aromatic N) is 2. The first-order chi connectivity index (χ1) is 17.6. The Kier molecular flexibility index (Phi) is 6.68. The number of benzene rings is 2. The molecule has 0 radical (unpaired) electrons. The quantitative estimate of drug-likeness (QED) is 0.210. The first-order valence-electron chi connectivity index (χ1n) is 11.9. The third kappa shape index (κ3) is 5.19. The summed E-state index contributed by atoms with van der Waals surface area (Å²) in [5, 5.41) is 15.8. The minimum Gasteiger partial charge on any atom is -0.454 e. The number of amides is 1. The molecule has 0 bridgehead atoms. The van der Waals surface area contributed by atoms with Gasteiger partial charge in [-0.25, -0.2) is 4.99 Å². The van der Waals surface area contributed by atoms with E-state index >= 15 is 0 Å². The molecular formula is C27H26ClN3O5S. The maximum Gasteiger partial charge on any atom is 0.282 e. The molecule has 0 unspecified atom stereocenters. The van der Waals surface area contributed by atoms with E-state index in [4.69, 9.17) is 21.1 Å². The summed E-state index contributed by atoms with van der Waals surface area (Å²) in [6, 6.07) is 9.80. The van der Waals surface area contributed by atoms with E-state index in [1.807, 2.05) is 0 Å². The van der Waals surface area contributed by atoms with Gasteiger partial charge in [-0.3, -0.25) is 14.9 Å². The number of fused-ring (bicyclic) bond motifs is 2. The van der Waals surface area contributed by atoms with Crippen LogP contribution in [0, 0.1) is 21.4 Å². The molecule has 1 amide bonds. The molecule has 1 aliphatic carbocycles. The SMILES string of the molecule is CC(C)(C)[C@@H]1CCc2c(sc(N=Cc3cc4c(cc3[N+](=O)[O-])OCO4)c2C(=O)Nc2ccc(Cl)cc2)C1. The van der Waals surface area contributed by atoms with Crippen molar-refractivity contribution in [2.24, 2.45) is 16.3 Å². The van der Waals surface area contributed by atoms with Crippen molar-refractivity contribution in [2.75, 3.05) is 12.1 Å². The molecule has 0 saturated carbocycles. The van der Waals surface area contributed by atoms with Crippen molar-refractivity contribution in [2.45, 2.75) is 40.0 Å². The van der Waals surface area contributed by atoms with Gasteiger partial charge in [0, 0.05) is 21.8 Å². The smallest absolute Gasteiger partial charge is 0.282 e. The molecular weight excluding hydrogens is 514 g/mol. The molecule has 8 nitrogen and oxygen atoms in total. The average molecular weight is 540 g/mol. The molecule has 0 fully saturated rings. The summed E-state index contributed by atoms with van der Waals surface area (Å²) >= 11 is 7.47. The number of rotatable bonds is 5.